The molecule has 10 aromatic rings. The lowest BCUT2D eigenvalue weighted by molar-refractivity contribution is 1.18. The van der Waals surface area contributed by atoms with Crippen LogP contribution in [0.1, 0.15) is 0 Å². The molecule has 0 N–H and O–H groups in total. The quantitative estimate of drug-likeness (QED) is 0.171. The summed E-state index contributed by atoms with van der Waals surface area (Å²) >= 11 is 1.88. The fourth-order valence-electron chi connectivity index (χ4n) is 7.62. The van der Waals surface area contributed by atoms with E-state index in [0.29, 0.717) is 0 Å². The molecule has 2 heterocycles. The third-order valence-corrected chi connectivity index (χ3v) is 11.2. The number of anilines is 3. The molecular formula is C48H32N2S. The van der Waals surface area contributed by atoms with Crippen molar-refractivity contribution in [2.45, 2.75) is 0 Å². The van der Waals surface area contributed by atoms with Crippen molar-refractivity contribution < 1.29 is 0 Å². The molecule has 0 aliphatic rings. The van der Waals surface area contributed by atoms with Gasteiger partial charge in [0.05, 0.1) is 11.0 Å². The number of aromatic nitrogens is 1. The van der Waals surface area contributed by atoms with E-state index in [1.54, 1.807) is 0 Å². The maximum absolute atomic E-state index is 2.38. The molecule has 0 bridgehead atoms. The Morgan fingerprint density at radius 2 is 0.922 bits per heavy atom. The predicted molar refractivity (Wildman–Crippen MR) is 219 cm³/mol. The summed E-state index contributed by atoms with van der Waals surface area (Å²) in [4.78, 5) is 2.34. The maximum Gasteiger partial charge on any atom is 0.0541 e. The first-order valence-corrected chi connectivity index (χ1v) is 18.2. The van der Waals surface area contributed by atoms with Crippen LogP contribution >= 0.6 is 11.3 Å². The van der Waals surface area contributed by atoms with Crippen LogP contribution in [0.25, 0.3) is 69.9 Å². The molecule has 0 radical (unpaired) electrons. The van der Waals surface area contributed by atoms with Crippen molar-refractivity contribution in [3.8, 4) is 27.9 Å². The van der Waals surface area contributed by atoms with Gasteiger partial charge in [-0.3, -0.25) is 0 Å². The minimum atomic E-state index is 1.11. The molecule has 0 spiro atoms. The molecule has 0 aliphatic heterocycles. The zero-order valence-electron chi connectivity index (χ0n) is 27.8. The average Bonchev–Trinajstić information content (AvgIpc) is 3.75. The molecule has 2 aromatic heterocycles. The van der Waals surface area contributed by atoms with E-state index in [0.717, 1.165) is 22.7 Å². The third-order valence-electron chi connectivity index (χ3n) is 10.00. The van der Waals surface area contributed by atoms with Crippen LogP contribution in [0, 0.1) is 0 Å². The number of thiophene rings is 1. The van der Waals surface area contributed by atoms with Crippen molar-refractivity contribution in [3.63, 3.8) is 0 Å². The van der Waals surface area contributed by atoms with Crippen molar-refractivity contribution in [2.24, 2.45) is 0 Å². The van der Waals surface area contributed by atoms with Crippen LogP contribution in [0.15, 0.2) is 194 Å². The Morgan fingerprint density at radius 3 is 1.63 bits per heavy atom. The fraction of sp³-hybridized carbons (Fsp3) is 0. The first kappa shape index (κ1) is 29.5. The molecule has 0 saturated carbocycles. The molecule has 240 valence electrons. The summed E-state index contributed by atoms with van der Waals surface area (Å²) in [6, 6.07) is 70.2. The normalized spacial score (nSPS) is 11.5. The van der Waals surface area contributed by atoms with Crippen LogP contribution in [0.2, 0.25) is 0 Å². The molecule has 0 unspecified atom stereocenters. The highest BCUT2D eigenvalue weighted by Gasteiger charge is 2.16. The molecule has 8 aromatic carbocycles. The van der Waals surface area contributed by atoms with Crippen LogP contribution in [0.4, 0.5) is 17.1 Å². The lowest BCUT2D eigenvalue weighted by Crippen LogP contribution is -2.09. The number of rotatable bonds is 6. The molecule has 0 saturated heterocycles. The average molecular weight is 669 g/mol. The van der Waals surface area contributed by atoms with Crippen molar-refractivity contribution in [1.29, 1.82) is 0 Å². The Balaban J connectivity index is 1.01. The van der Waals surface area contributed by atoms with Crippen molar-refractivity contribution >= 4 is 70.4 Å². The van der Waals surface area contributed by atoms with E-state index in [-0.39, 0.29) is 0 Å². The minimum Gasteiger partial charge on any atom is -0.311 e. The van der Waals surface area contributed by atoms with Gasteiger partial charge in [0.2, 0.25) is 0 Å². The van der Waals surface area contributed by atoms with Gasteiger partial charge in [-0.15, -0.1) is 11.3 Å². The highest BCUT2D eigenvalue weighted by atomic mass is 32.1. The molecule has 0 aliphatic carbocycles. The molecule has 0 amide bonds. The predicted octanol–water partition coefficient (Wildman–Crippen LogP) is 14.0. The van der Waals surface area contributed by atoms with Gasteiger partial charge in [-0.25, -0.2) is 0 Å². The Kier molecular flexibility index (Phi) is 7.04. The number of hydrogen-bond acceptors (Lipinski definition) is 2. The monoisotopic (exact) mass is 668 g/mol. The van der Waals surface area contributed by atoms with Crippen LogP contribution in [0.3, 0.4) is 0 Å². The van der Waals surface area contributed by atoms with Crippen molar-refractivity contribution in [1.82, 2.24) is 4.57 Å². The van der Waals surface area contributed by atoms with Crippen molar-refractivity contribution in [3.05, 3.63) is 194 Å². The van der Waals surface area contributed by atoms with E-state index in [1.165, 1.54) is 64.2 Å². The van der Waals surface area contributed by atoms with E-state index >= 15 is 0 Å². The zero-order valence-corrected chi connectivity index (χ0v) is 28.6. The van der Waals surface area contributed by atoms with Gasteiger partial charge >= 0.3 is 0 Å². The smallest absolute Gasteiger partial charge is 0.0541 e. The molecule has 0 fully saturated rings. The van der Waals surface area contributed by atoms with E-state index in [9.17, 15) is 0 Å². The Labute approximate surface area is 300 Å². The second kappa shape index (κ2) is 12.2. The van der Waals surface area contributed by atoms with Crippen LogP contribution < -0.4 is 4.90 Å². The van der Waals surface area contributed by atoms with Crippen LogP contribution in [-0.4, -0.2) is 4.57 Å². The van der Waals surface area contributed by atoms with Gasteiger partial charge in [0.25, 0.3) is 0 Å². The fourth-order valence-corrected chi connectivity index (χ4v) is 8.86. The number of para-hydroxylation sites is 3. The second-order valence-corrected chi connectivity index (χ2v) is 14.0. The molecule has 0 atom stereocenters. The van der Waals surface area contributed by atoms with Gasteiger partial charge in [0, 0.05) is 53.7 Å². The van der Waals surface area contributed by atoms with Gasteiger partial charge in [0.1, 0.15) is 0 Å². The SMILES string of the molecule is c1ccc(N(c2ccc(-c3cccc(-n4c5ccccc5c5ccccc54)c3)cc2)c2ccc(-c3cccc4c3sc3ccccc34)cc2)cc1. The molecule has 10 rings (SSSR count). The second-order valence-electron chi connectivity index (χ2n) is 13.0. The van der Waals surface area contributed by atoms with Gasteiger partial charge in [-0.2, -0.15) is 0 Å². The number of fused-ring (bicyclic) bond motifs is 6. The number of hydrogen-bond donors (Lipinski definition) is 0. The lowest BCUT2D eigenvalue weighted by atomic mass is 10.0. The summed E-state index contributed by atoms with van der Waals surface area (Å²) in [5.41, 5.74) is 11.8. The van der Waals surface area contributed by atoms with E-state index in [2.05, 4.69) is 204 Å². The lowest BCUT2D eigenvalue weighted by Gasteiger charge is -2.26. The molecule has 2 nitrogen and oxygen atoms in total. The molecule has 51 heavy (non-hydrogen) atoms. The molecular weight excluding hydrogens is 637 g/mol. The molecule has 3 heteroatoms. The first-order chi connectivity index (χ1) is 25.3. The Hall–Kier alpha value is -6.42. The number of nitrogens with zero attached hydrogens (tertiary/aromatic N) is 2. The van der Waals surface area contributed by atoms with E-state index < -0.39 is 0 Å². The zero-order chi connectivity index (χ0) is 33.7. The van der Waals surface area contributed by atoms with E-state index in [1.807, 2.05) is 11.3 Å². The first-order valence-electron chi connectivity index (χ1n) is 17.4. The van der Waals surface area contributed by atoms with Crippen LogP contribution in [-0.2, 0) is 0 Å². The summed E-state index contributed by atoms with van der Waals surface area (Å²) < 4.78 is 5.04. The third kappa shape index (κ3) is 5.01. The highest BCUT2D eigenvalue weighted by molar-refractivity contribution is 7.26. The van der Waals surface area contributed by atoms with Crippen molar-refractivity contribution in [2.75, 3.05) is 4.90 Å². The number of benzene rings is 8. The van der Waals surface area contributed by atoms with Gasteiger partial charge in [0.15, 0.2) is 0 Å². The summed E-state index contributed by atoms with van der Waals surface area (Å²) in [7, 11) is 0. The highest BCUT2D eigenvalue weighted by Crippen LogP contribution is 2.42. The maximum atomic E-state index is 2.38. The van der Waals surface area contributed by atoms with Gasteiger partial charge in [-0.1, -0.05) is 127 Å². The summed E-state index contributed by atoms with van der Waals surface area (Å²) in [6.07, 6.45) is 0. The summed E-state index contributed by atoms with van der Waals surface area (Å²) in [6.45, 7) is 0. The standard InChI is InChI=1S/C48H32N2S/c1-2-13-36(14-3-1)49(38-30-26-34(27-31-38)40-19-11-20-44-43-18-6-9-23-47(43)51-48(40)44)37-28-24-33(25-29-37)35-12-10-15-39(32-35)50-45-21-7-4-16-41(45)42-17-5-8-22-46(42)50/h1-32H. The van der Waals surface area contributed by atoms with Gasteiger partial charge in [-0.05, 0) is 89.0 Å². The minimum absolute atomic E-state index is 1.11. The Bertz CT molecular complexity index is 2790. The summed E-state index contributed by atoms with van der Waals surface area (Å²) in [5.74, 6) is 0. The van der Waals surface area contributed by atoms with Gasteiger partial charge < -0.3 is 9.47 Å². The topological polar surface area (TPSA) is 8.17 Å². The Morgan fingerprint density at radius 1 is 0.373 bits per heavy atom. The van der Waals surface area contributed by atoms with Crippen LogP contribution in [0.5, 0.6) is 0 Å². The van der Waals surface area contributed by atoms with E-state index in [4.69, 9.17) is 0 Å². The largest absolute Gasteiger partial charge is 0.311 e. The summed E-state index contributed by atoms with van der Waals surface area (Å²) in [5, 5.41) is 5.19.